The summed E-state index contributed by atoms with van der Waals surface area (Å²) in [5.41, 5.74) is 7.16. The van der Waals surface area contributed by atoms with E-state index < -0.39 is 0 Å². The Morgan fingerprint density at radius 3 is 2.76 bits per heavy atom. The molecule has 1 saturated heterocycles. The van der Waals surface area contributed by atoms with E-state index in [9.17, 15) is 4.79 Å². The first kappa shape index (κ1) is 12.1. The summed E-state index contributed by atoms with van der Waals surface area (Å²) in [5.74, 6) is 0.607. The van der Waals surface area contributed by atoms with Crippen LogP contribution in [-0.4, -0.2) is 34.6 Å². The fraction of sp³-hybridized carbons (Fsp3) is 0.667. The van der Waals surface area contributed by atoms with Crippen LogP contribution in [0, 0.1) is 13.8 Å². The number of hydrogen-bond acceptors (Lipinski definition) is 4. The number of carbonyl (C=O) groups is 1. The molecule has 0 radical (unpaired) electrons. The molecule has 2 heterocycles. The van der Waals surface area contributed by atoms with Gasteiger partial charge in [-0.25, -0.2) is 0 Å². The lowest BCUT2D eigenvalue weighted by Crippen LogP contribution is -2.48. The van der Waals surface area contributed by atoms with Crippen LogP contribution < -0.4 is 5.73 Å². The molecule has 0 bridgehead atoms. The van der Waals surface area contributed by atoms with Crippen LogP contribution in [0.15, 0.2) is 4.52 Å². The van der Waals surface area contributed by atoms with Gasteiger partial charge in [0.15, 0.2) is 0 Å². The smallest absolute Gasteiger partial charge is 0.259 e. The highest BCUT2D eigenvalue weighted by molar-refractivity contribution is 5.96. The molecule has 5 heteroatoms. The minimum Gasteiger partial charge on any atom is -0.361 e. The standard InChI is InChI=1S/C12H19N3O2/c1-7-6-10(13)4-5-15(7)12(16)11-8(2)14-17-9(11)3/h7,10H,4-6,13H2,1-3H3. The molecule has 1 aliphatic heterocycles. The van der Waals surface area contributed by atoms with Crippen molar-refractivity contribution < 1.29 is 9.32 Å². The van der Waals surface area contributed by atoms with Gasteiger partial charge in [0.1, 0.15) is 11.3 Å². The van der Waals surface area contributed by atoms with Crippen molar-refractivity contribution in [3.8, 4) is 0 Å². The molecule has 17 heavy (non-hydrogen) atoms. The van der Waals surface area contributed by atoms with Crippen LogP contribution >= 0.6 is 0 Å². The Balaban J connectivity index is 2.21. The van der Waals surface area contributed by atoms with Gasteiger partial charge in [-0.3, -0.25) is 4.79 Å². The number of nitrogens with two attached hydrogens (primary N) is 1. The summed E-state index contributed by atoms with van der Waals surface area (Å²) in [7, 11) is 0. The molecule has 0 aromatic carbocycles. The highest BCUT2D eigenvalue weighted by atomic mass is 16.5. The van der Waals surface area contributed by atoms with E-state index in [1.807, 2.05) is 11.8 Å². The third kappa shape index (κ3) is 2.20. The second-order valence-electron chi connectivity index (χ2n) is 4.83. The first-order valence-corrected chi connectivity index (χ1v) is 6.00. The number of aryl methyl sites for hydroxylation is 2. The molecule has 0 spiro atoms. The second kappa shape index (κ2) is 4.49. The Labute approximate surface area is 101 Å². The minimum absolute atomic E-state index is 0.0145. The lowest BCUT2D eigenvalue weighted by atomic mass is 9.98. The molecule has 5 nitrogen and oxygen atoms in total. The van der Waals surface area contributed by atoms with Gasteiger partial charge in [0.05, 0.1) is 5.69 Å². The number of likely N-dealkylation sites (tertiary alicyclic amines) is 1. The summed E-state index contributed by atoms with van der Waals surface area (Å²) in [5, 5.41) is 3.82. The van der Waals surface area contributed by atoms with Crippen LogP contribution in [0.2, 0.25) is 0 Å². The van der Waals surface area contributed by atoms with E-state index in [1.54, 1.807) is 13.8 Å². The normalized spacial score (nSPS) is 25.1. The Morgan fingerprint density at radius 2 is 2.24 bits per heavy atom. The van der Waals surface area contributed by atoms with E-state index in [1.165, 1.54) is 0 Å². The highest BCUT2D eigenvalue weighted by Crippen LogP contribution is 2.21. The maximum absolute atomic E-state index is 12.4. The van der Waals surface area contributed by atoms with E-state index in [0.29, 0.717) is 23.6 Å². The average Bonchev–Trinajstić information content (AvgIpc) is 2.58. The summed E-state index contributed by atoms with van der Waals surface area (Å²) in [6.45, 7) is 6.32. The number of amides is 1. The molecule has 2 rings (SSSR count). The van der Waals surface area contributed by atoms with Gasteiger partial charge in [0, 0.05) is 18.6 Å². The number of carbonyl (C=O) groups excluding carboxylic acids is 1. The zero-order chi connectivity index (χ0) is 12.6. The van der Waals surface area contributed by atoms with E-state index in [4.69, 9.17) is 10.3 Å². The van der Waals surface area contributed by atoms with Crippen LogP contribution in [0.4, 0.5) is 0 Å². The Hall–Kier alpha value is -1.36. The molecule has 1 aliphatic rings. The van der Waals surface area contributed by atoms with Crippen molar-refractivity contribution in [2.75, 3.05) is 6.54 Å². The van der Waals surface area contributed by atoms with Crippen LogP contribution in [-0.2, 0) is 0 Å². The van der Waals surface area contributed by atoms with E-state index in [2.05, 4.69) is 5.16 Å². The Bertz CT molecular complexity index is 408. The minimum atomic E-state index is 0.0145. The predicted molar refractivity (Wildman–Crippen MR) is 63.7 cm³/mol. The third-order valence-electron chi connectivity index (χ3n) is 3.42. The van der Waals surface area contributed by atoms with Crippen LogP contribution in [0.25, 0.3) is 0 Å². The first-order valence-electron chi connectivity index (χ1n) is 6.00. The van der Waals surface area contributed by atoms with Gasteiger partial charge in [-0.1, -0.05) is 5.16 Å². The summed E-state index contributed by atoms with van der Waals surface area (Å²) in [6, 6.07) is 0.388. The van der Waals surface area contributed by atoms with Gasteiger partial charge in [0.25, 0.3) is 5.91 Å². The second-order valence-corrected chi connectivity index (χ2v) is 4.83. The molecule has 1 fully saturated rings. The van der Waals surface area contributed by atoms with Crippen molar-refractivity contribution >= 4 is 5.91 Å². The van der Waals surface area contributed by atoms with Gasteiger partial charge in [-0.05, 0) is 33.6 Å². The zero-order valence-corrected chi connectivity index (χ0v) is 10.6. The molecule has 94 valence electrons. The SMILES string of the molecule is Cc1noc(C)c1C(=O)N1CCC(N)CC1C. The predicted octanol–water partition coefficient (Wildman–Crippen LogP) is 1.24. The van der Waals surface area contributed by atoms with Gasteiger partial charge < -0.3 is 15.2 Å². The molecule has 1 amide bonds. The number of nitrogens with zero attached hydrogens (tertiary/aromatic N) is 2. The topological polar surface area (TPSA) is 72.4 Å². The molecule has 2 N–H and O–H groups in total. The summed E-state index contributed by atoms with van der Waals surface area (Å²) in [4.78, 5) is 14.3. The molecule has 2 atom stereocenters. The van der Waals surface area contributed by atoms with Crippen molar-refractivity contribution in [1.82, 2.24) is 10.1 Å². The van der Waals surface area contributed by atoms with Gasteiger partial charge in [-0.2, -0.15) is 0 Å². The van der Waals surface area contributed by atoms with Crippen molar-refractivity contribution in [3.63, 3.8) is 0 Å². The largest absolute Gasteiger partial charge is 0.361 e. The zero-order valence-electron chi connectivity index (χ0n) is 10.6. The van der Waals surface area contributed by atoms with E-state index >= 15 is 0 Å². The first-order chi connectivity index (χ1) is 8.00. The fourth-order valence-electron chi connectivity index (χ4n) is 2.44. The van der Waals surface area contributed by atoms with Crippen LogP contribution in [0.5, 0.6) is 0 Å². The van der Waals surface area contributed by atoms with Crippen molar-refractivity contribution in [1.29, 1.82) is 0 Å². The van der Waals surface area contributed by atoms with Crippen LogP contribution in [0.1, 0.15) is 41.6 Å². The molecule has 2 unspecified atom stereocenters. The Morgan fingerprint density at radius 1 is 1.53 bits per heavy atom. The van der Waals surface area contributed by atoms with Crippen molar-refractivity contribution in [2.45, 2.75) is 45.7 Å². The summed E-state index contributed by atoms with van der Waals surface area (Å²) < 4.78 is 5.04. The molecular formula is C12H19N3O2. The molecule has 0 aliphatic carbocycles. The van der Waals surface area contributed by atoms with Gasteiger partial charge in [0.2, 0.25) is 0 Å². The quantitative estimate of drug-likeness (QED) is 0.797. The molecule has 1 aromatic heterocycles. The summed E-state index contributed by atoms with van der Waals surface area (Å²) >= 11 is 0. The summed E-state index contributed by atoms with van der Waals surface area (Å²) in [6.07, 6.45) is 1.72. The van der Waals surface area contributed by atoms with Gasteiger partial charge in [-0.15, -0.1) is 0 Å². The number of rotatable bonds is 1. The molecule has 0 saturated carbocycles. The number of piperidine rings is 1. The van der Waals surface area contributed by atoms with E-state index in [0.717, 1.165) is 12.8 Å². The average molecular weight is 237 g/mol. The van der Waals surface area contributed by atoms with E-state index in [-0.39, 0.29) is 18.0 Å². The maximum Gasteiger partial charge on any atom is 0.259 e. The van der Waals surface area contributed by atoms with Crippen LogP contribution in [0.3, 0.4) is 0 Å². The van der Waals surface area contributed by atoms with Gasteiger partial charge >= 0.3 is 0 Å². The van der Waals surface area contributed by atoms with Crippen molar-refractivity contribution in [3.05, 3.63) is 17.0 Å². The monoisotopic (exact) mass is 237 g/mol. The maximum atomic E-state index is 12.4. The third-order valence-corrected chi connectivity index (χ3v) is 3.42. The Kier molecular flexibility index (Phi) is 3.19. The lowest BCUT2D eigenvalue weighted by molar-refractivity contribution is 0.0616. The van der Waals surface area contributed by atoms with Crippen molar-refractivity contribution in [2.24, 2.45) is 5.73 Å². The fourth-order valence-corrected chi connectivity index (χ4v) is 2.44. The highest BCUT2D eigenvalue weighted by Gasteiger charge is 2.30. The molecule has 1 aromatic rings. The molecular weight excluding hydrogens is 218 g/mol. The number of hydrogen-bond donors (Lipinski definition) is 1. The number of aromatic nitrogens is 1. The lowest BCUT2D eigenvalue weighted by Gasteiger charge is -2.36.